The van der Waals surface area contributed by atoms with E-state index in [0.717, 1.165) is 0 Å². The van der Waals surface area contributed by atoms with E-state index in [4.69, 9.17) is 15.2 Å². The van der Waals surface area contributed by atoms with E-state index >= 15 is 0 Å². The van der Waals surface area contributed by atoms with Crippen LogP contribution in [0.15, 0.2) is 12.1 Å². The molecule has 94 valence electrons. The molecule has 1 aromatic carbocycles. The van der Waals surface area contributed by atoms with Gasteiger partial charge in [0, 0.05) is 0 Å². The van der Waals surface area contributed by atoms with Crippen LogP contribution in [0.4, 0.5) is 5.69 Å². The molecule has 0 heterocycles. The zero-order chi connectivity index (χ0) is 13.0. The number of esters is 1. The van der Waals surface area contributed by atoms with E-state index in [2.05, 4.69) is 4.74 Å². The quantitative estimate of drug-likeness (QED) is 0.641. The van der Waals surface area contributed by atoms with Gasteiger partial charge in [-0.3, -0.25) is 0 Å². The number of rotatable bonds is 4. The third-order valence-electron chi connectivity index (χ3n) is 2.12. The Morgan fingerprint density at radius 3 is 2.41 bits per heavy atom. The number of hydrogen-bond acceptors (Lipinski definition) is 5. The molecule has 0 atom stereocenters. The summed E-state index contributed by atoms with van der Waals surface area (Å²) in [5.74, 6) is 0.222. The molecule has 0 aromatic heterocycles. The van der Waals surface area contributed by atoms with Crippen LogP contribution in [0, 0.1) is 0 Å². The van der Waals surface area contributed by atoms with Crippen LogP contribution in [0.5, 0.6) is 11.5 Å². The molecule has 0 spiro atoms. The number of carbonyl (C=O) groups excluding carboxylic acids is 1. The maximum atomic E-state index is 11.7. The summed E-state index contributed by atoms with van der Waals surface area (Å²) in [4.78, 5) is 11.7. The zero-order valence-corrected chi connectivity index (χ0v) is 10.4. The SMILES string of the molecule is COC(=O)c1c(N)ccc(OC)c1OC(C)C. The lowest BCUT2D eigenvalue weighted by molar-refractivity contribution is 0.0594. The summed E-state index contributed by atoms with van der Waals surface area (Å²) in [5.41, 5.74) is 6.26. The Labute approximate surface area is 100 Å². The summed E-state index contributed by atoms with van der Waals surface area (Å²) in [6, 6.07) is 3.23. The summed E-state index contributed by atoms with van der Waals surface area (Å²) >= 11 is 0. The number of nitrogens with two attached hydrogens (primary N) is 1. The van der Waals surface area contributed by atoms with E-state index in [1.807, 2.05) is 13.8 Å². The summed E-state index contributed by atoms with van der Waals surface area (Å²) in [7, 11) is 2.79. The Bertz CT molecular complexity index is 415. The lowest BCUT2D eigenvalue weighted by Gasteiger charge is -2.17. The van der Waals surface area contributed by atoms with Crippen molar-refractivity contribution in [1.29, 1.82) is 0 Å². The minimum absolute atomic E-state index is 0.103. The minimum Gasteiger partial charge on any atom is -0.493 e. The van der Waals surface area contributed by atoms with Crippen molar-refractivity contribution in [3.8, 4) is 11.5 Å². The van der Waals surface area contributed by atoms with Crippen LogP contribution in [0.2, 0.25) is 0 Å². The van der Waals surface area contributed by atoms with Crippen molar-refractivity contribution in [2.24, 2.45) is 0 Å². The normalized spacial score (nSPS) is 10.2. The van der Waals surface area contributed by atoms with Gasteiger partial charge >= 0.3 is 5.97 Å². The van der Waals surface area contributed by atoms with Gasteiger partial charge in [0.25, 0.3) is 0 Å². The van der Waals surface area contributed by atoms with E-state index in [1.54, 1.807) is 12.1 Å². The molecule has 0 saturated carbocycles. The van der Waals surface area contributed by atoms with E-state index in [-0.39, 0.29) is 11.7 Å². The van der Waals surface area contributed by atoms with Crippen molar-refractivity contribution in [3.63, 3.8) is 0 Å². The second kappa shape index (κ2) is 5.43. The molecule has 0 aliphatic heterocycles. The summed E-state index contributed by atoms with van der Waals surface area (Å²) in [6.07, 6.45) is -0.103. The molecule has 0 amide bonds. The smallest absolute Gasteiger partial charge is 0.343 e. The van der Waals surface area contributed by atoms with Gasteiger partial charge in [-0.05, 0) is 26.0 Å². The summed E-state index contributed by atoms with van der Waals surface area (Å²) in [6.45, 7) is 3.70. The van der Waals surface area contributed by atoms with Gasteiger partial charge in [-0.1, -0.05) is 0 Å². The predicted molar refractivity (Wildman–Crippen MR) is 64.5 cm³/mol. The van der Waals surface area contributed by atoms with Crippen molar-refractivity contribution in [2.45, 2.75) is 20.0 Å². The highest BCUT2D eigenvalue weighted by Crippen LogP contribution is 2.36. The molecular weight excluding hydrogens is 222 g/mol. The average molecular weight is 239 g/mol. The first-order valence-corrected chi connectivity index (χ1v) is 5.22. The van der Waals surface area contributed by atoms with Gasteiger partial charge in [-0.2, -0.15) is 0 Å². The van der Waals surface area contributed by atoms with E-state index in [0.29, 0.717) is 17.2 Å². The Balaban J connectivity index is 3.36. The Morgan fingerprint density at radius 1 is 1.29 bits per heavy atom. The van der Waals surface area contributed by atoms with Gasteiger partial charge in [0.2, 0.25) is 0 Å². The molecular formula is C12H17NO4. The number of benzene rings is 1. The second-order valence-corrected chi connectivity index (χ2v) is 3.72. The Hall–Kier alpha value is -1.91. The van der Waals surface area contributed by atoms with E-state index in [9.17, 15) is 4.79 Å². The molecule has 0 bridgehead atoms. The topological polar surface area (TPSA) is 70.8 Å². The molecule has 1 rings (SSSR count). The first-order valence-electron chi connectivity index (χ1n) is 5.22. The van der Waals surface area contributed by atoms with Crippen LogP contribution < -0.4 is 15.2 Å². The van der Waals surface area contributed by atoms with Gasteiger partial charge in [-0.15, -0.1) is 0 Å². The number of carbonyl (C=O) groups is 1. The molecule has 0 fully saturated rings. The van der Waals surface area contributed by atoms with Crippen molar-refractivity contribution >= 4 is 11.7 Å². The highest BCUT2D eigenvalue weighted by molar-refractivity contribution is 5.99. The molecule has 5 nitrogen and oxygen atoms in total. The maximum Gasteiger partial charge on any atom is 0.343 e. The highest BCUT2D eigenvalue weighted by atomic mass is 16.5. The molecule has 0 aliphatic rings. The van der Waals surface area contributed by atoms with Gasteiger partial charge in [0.1, 0.15) is 5.56 Å². The van der Waals surface area contributed by atoms with Crippen molar-refractivity contribution in [3.05, 3.63) is 17.7 Å². The average Bonchev–Trinajstić information content (AvgIpc) is 2.28. The number of anilines is 1. The first kappa shape index (κ1) is 13.2. The number of hydrogen-bond donors (Lipinski definition) is 1. The van der Waals surface area contributed by atoms with Crippen molar-refractivity contribution in [1.82, 2.24) is 0 Å². The lowest BCUT2D eigenvalue weighted by Crippen LogP contribution is -2.14. The third kappa shape index (κ3) is 2.81. The predicted octanol–water partition coefficient (Wildman–Crippen LogP) is 1.85. The molecule has 5 heteroatoms. The largest absolute Gasteiger partial charge is 0.493 e. The van der Waals surface area contributed by atoms with E-state index < -0.39 is 5.97 Å². The zero-order valence-electron chi connectivity index (χ0n) is 10.4. The van der Waals surface area contributed by atoms with Crippen LogP contribution in [-0.4, -0.2) is 26.3 Å². The second-order valence-electron chi connectivity index (χ2n) is 3.72. The van der Waals surface area contributed by atoms with Gasteiger partial charge in [0.05, 0.1) is 26.0 Å². The van der Waals surface area contributed by atoms with Crippen LogP contribution in [-0.2, 0) is 4.74 Å². The fourth-order valence-electron chi connectivity index (χ4n) is 1.40. The maximum absolute atomic E-state index is 11.7. The highest BCUT2D eigenvalue weighted by Gasteiger charge is 2.22. The number of methoxy groups -OCH3 is 2. The summed E-state index contributed by atoms with van der Waals surface area (Å²) < 4.78 is 15.4. The Kier molecular flexibility index (Phi) is 4.20. The fraction of sp³-hybridized carbons (Fsp3) is 0.417. The molecule has 0 aliphatic carbocycles. The van der Waals surface area contributed by atoms with Crippen LogP contribution >= 0.6 is 0 Å². The van der Waals surface area contributed by atoms with Gasteiger partial charge in [-0.25, -0.2) is 4.79 Å². The molecule has 2 N–H and O–H groups in total. The molecule has 1 aromatic rings. The van der Waals surface area contributed by atoms with Crippen molar-refractivity contribution in [2.75, 3.05) is 20.0 Å². The number of nitrogen functional groups attached to an aromatic ring is 1. The van der Waals surface area contributed by atoms with Crippen molar-refractivity contribution < 1.29 is 19.0 Å². The summed E-state index contributed by atoms with van der Waals surface area (Å²) in [5, 5.41) is 0. The number of ether oxygens (including phenoxy) is 3. The van der Waals surface area contributed by atoms with Crippen LogP contribution in [0.25, 0.3) is 0 Å². The van der Waals surface area contributed by atoms with Crippen LogP contribution in [0.3, 0.4) is 0 Å². The minimum atomic E-state index is -0.544. The van der Waals surface area contributed by atoms with E-state index in [1.165, 1.54) is 14.2 Å². The molecule has 0 unspecified atom stereocenters. The monoisotopic (exact) mass is 239 g/mol. The standard InChI is InChI=1S/C12H17NO4/c1-7(2)17-11-9(15-3)6-5-8(13)10(11)12(14)16-4/h5-7H,13H2,1-4H3. The molecule has 0 saturated heterocycles. The molecule has 17 heavy (non-hydrogen) atoms. The Morgan fingerprint density at radius 2 is 1.94 bits per heavy atom. The lowest BCUT2D eigenvalue weighted by atomic mass is 10.1. The fourth-order valence-corrected chi connectivity index (χ4v) is 1.40. The third-order valence-corrected chi connectivity index (χ3v) is 2.12. The van der Waals surface area contributed by atoms with Gasteiger partial charge in [0.15, 0.2) is 11.5 Å². The van der Waals surface area contributed by atoms with Gasteiger partial charge < -0.3 is 19.9 Å². The van der Waals surface area contributed by atoms with Crippen LogP contribution in [0.1, 0.15) is 24.2 Å². The molecule has 0 radical (unpaired) electrons. The first-order chi connectivity index (χ1) is 8.01.